The van der Waals surface area contributed by atoms with Crippen LogP contribution in [0.3, 0.4) is 0 Å². The predicted molar refractivity (Wildman–Crippen MR) is 155 cm³/mol. The van der Waals surface area contributed by atoms with Crippen LogP contribution in [0.5, 0.6) is 5.75 Å². The first-order chi connectivity index (χ1) is 19.9. The van der Waals surface area contributed by atoms with Crippen molar-refractivity contribution in [2.75, 3.05) is 12.4 Å². The summed E-state index contributed by atoms with van der Waals surface area (Å²) in [6, 6.07) is 16.3. The highest BCUT2D eigenvalue weighted by molar-refractivity contribution is 6.03. The Kier molecular flexibility index (Phi) is 7.60. The molecule has 4 aliphatic rings. The number of benzene rings is 2. The number of amides is 3. The Bertz CT molecular complexity index is 1310. The molecule has 2 aromatic rings. The highest BCUT2D eigenvalue weighted by atomic mass is 16.5. The Morgan fingerprint density at radius 3 is 2.49 bits per heavy atom. The number of carbonyl (C=O) groups excluding carboxylic acids is 3. The lowest BCUT2D eigenvalue weighted by molar-refractivity contribution is -0.143. The third kappa shape index (κ3) is 5.03. The Balaban J connectivity index is 1.28. The zero-order valence-corrected chi connectivity index (χ0v) is 23.8. The van der Waals surface area contributed by atoms with Crippen LogP contribution in [-0.4, -0.2) is 59.6 Å². The topological polar surface area (TPSA) is 97.0 Å². The van der Waals surface area contributed by atoms with Gasteiger partial charge in [-0.1, -0.05) is 61.7 Å². The molecule has 8 heteroatoms. The summed E-state index contributed by atoms with van der Waals surface area (Å²) in [7, 11) is 1.59. The molecule has 3 amide bonds. The summed E-state index contributed by atoms with van der Waals surface area (Å²) in [6.45, 7) is 2.00. The fourth-order valence-electron chi connectivity index (χ4n) is 7.27. The number of carbonyl (C=O) groups is 3. The van der Waals surface area contributed by atoms with E-state index in [4.69, 9.17) is 9.47 Å². The summed E-state index contributed by atoms with van der Waals surface area (Å²) in [5.41, 5.74) is 0.631. The van der Waals surface area contributed by atoms with E-state index < -0.39 is 29.6 Å². The van der Waals surface area contributed by atoms with E-state index in [2.05, 4.69) is 22.8 Å². The van der Waals surface area contributed by atoms with Crippen molar-refractivity contribution < 1.29 is 23.9 Å². The molecule has 6 atom stereocenters. The molecule has 2 bridgehead atoms. The first kappa shape index (κ1) is 27.5. The molecule has 3 heterocycles. The molecule has 3 aliphatic heterocycles. The Morgan fingerprint density at radius 1 is 1.05 bits per heavy atom. The standard InChI is InChI=1S/C33H39N3O5/c1-21(13-14-22-9-5-3-6-10-22)36-29(31(38)35-23-11-7-4-8-12-23)33-20-19-26(41-33)27(28(33)32(36)39)30(37)34-24-15-17-25(40-2)18-16-24/h3,5-6,9-10,15-21,23,26-29H,4,7-8,11-14H2,1-2H3,(H,34,37)(H,35,38)/t21-,26+,27-,28+,29+,33+/m0/s1. The van der Waals surface area contributed by atoms with E-state index in [9.17, 15) is 14.4 Å². The minimum Gasteiger partial charge on any atom is -0.497 e. The maximum absolute atomic E-state index is 14.3. The van der Waals surface area contributed by atoms with Crippen molar-refractivity contribution in [2.24, 2.45) is 11.8 Å². The molecule has 3 fully saturated rings. The predicted octanol–water partition coefficient (Wildman–Crippen LogP) is 4.25. The van der Waals surface area contributed by atoms with E-state index in [1.807, 2.05) is 37.3 Å². The molecule has 6 rings (SSSR count). The van der Waals surface area contributed by atoms with Crippen LogP contribution in [0, 0.1) is 11.8 Å². The average molecular weight is 558 g/mol. The molecule has 41 heavy (non-hydrogen) atoms. The molecule has 216 valence electrons. The van der Waals surface area contributed by atoms with Crippen LogP contribution in [0.2, 0.25) is 0 Å². The smallest absolute Gasteiger partial charge is 0.246 e. The van der Waals surface area contributed by atoms with Gasteiger partial charge in [0.25, 0.3) is 0 Å². The van der Waals surface area contributed by atoms with Crippen LogP contribution in [0.25, 0.3) is 0 Å². The Morgan fingerprint density at radius 2 is 1.78 bits per heavy atom. The Hall–Kier alpha value is -3.65. The fourth-order valence-corrected chi connectivity index (χ4v) is 7.27. The number of aryl methyl sites for hydroxylation is 1. The number of hydrogen-bond acceptors (Lipinski definition) is 5. The first-order valence-electron chi connectivity index (χ1n) is 14.9. The highest BCUT2D eigenvalue weighted by Crippen LogP contribution is 2.56. The molecule has 8 nitrogen and oxygen atoms in total. The van der Waals surface area contributed by atoms with Gasteiger partial charge in [-0.05, 0) is 62.4 Å². The second kappa shape index (κ2) is 11.3. The molecule has 1 aliphatic carbocycles. The average Bonchev–Trinajstić information content (AvgIpc) is 3.64. The van der Waals surface area contributed by atoms with E-state index >= 15 is 0 Å². The van der Waals surface area contributed by atoms with Gasteiger partial charge in [-0.3, -0.25) is 14.4 Å². The number of fused-ring (bicyclic) bond motifs is 1. The number of nitrogens with one attached hydrogen (secondary N) is 2. The largest absolute Gasteiger partial charge is 0.497 e. The first-order valence-corrected chi connectivity index (χ1v) is 14.9. The van der Waals surface area contributed by atoms with Gasteiger partial charge >= 0.3 is 0 Å². The van der Waals surface area contributed by atoms with Crippen molar-refractivity contribution in [1.29, 1.82) is 0 Å². The van der Waals surface area contributed by atoms with Gasteiger partial charge in [0, 0.05) is 17.8 Å². The molecule has 1 saturated carbocycles. The lowest BCUT2D eigenvalue weighted by Crippen LogP contribution is -2.58. The van der Waals surface area contributed by atoms with Gasteiger partial charge in [-0.2, -0.15) is 0 Å². The van der Waals surface area contributed by atoms with E-state index in [0.717, 1.165) is 32.1 Å². The van der Waals surface area contributed by atoms with Crippen molar-refractivity contribution in [3.05, 3.63) is 72.3 Å². The number of anilines is 1. The van der Waals surface area contributed by atoms with Crippen molar-refractivity contribution in [3.8, 4) is 5.75 Å². The van der Waals surface area contributed by atoms with Gasteiger partial charge in [0.15, 0.2) is 0 Å². The van der Waals surface area contributed by atoms with Gasteiger partial charge in [0.2, 0.25) is 17.7 Å². The summed E-state index contributed by atoms with van der Waals surface area (Å²) in [4.78, 5) is 43.8. The normalized spacial score (nSPS) is 29.3. The SMILES string of the molecule is COc1ccc(NC(=O)[C@H]2[C@H]3C=C[C@@]4(O3)[C@H]2C(=O)N([C@@H](C)CCc2ccccc2)[C@@H]4C(=O)NC2CCCCC2)cc1. The molecule has 0 unspecified atom stereocenters. The van der Waals surface area contributed by atoms with Crippen molar-refractivity contribution >= 4 is 23.4 Å². The lowest BCUT2D eigenvalue weighted by atomic mass is 9.74. The summed E-state index contributed by atoms with van der Waals surface area (Å²) < 4.78 is 11.7. The molecule has 0 aromatic heterocycles. The van der Waals surface area contributed by atoms with E-state index in [1.54, 1.807) is 36.3 Å². The van der Waals surface area contributed by atoms with Gasteiger partial charge in [-0.15, -0.1) is 0 Å². The van der Waals surface area contributed by atoms with Gasteiger partial charge in [-0.25, -0.2) is 0 Å². The summed E-state index contributed by atoms with van der Waals surface area (Å²) in [5.74, 6) is -1.46. The van der Waals surface area contributed by atoms with Gasteiger partial charge < -0.3 is 25.0 Å². The summed E-state index contributed by atoms with van der Waals surface area (Å²) >= 11 is 0. The number of nitrogens with zero attached hydrogens (tertiary/aromatic N) is 1. The van der Waals surface area contributed by atoms with Gasteiger partial charge in [0.05, 0.1) is 25.0 Å². The molecule has 2 saturated heterocycles. The third-order valence-corrected chi connectivity index (χ3v) is 9.34. The minimum atomic E-state index is -1.16. The van der Waals surface area contributed by atoms with E-state index in [0.29, 0.717) is 17.9 Å². The molecular weight excluding hydrogens is 518 g/mol. The quantitative estimate of drug-likeness (QED) is 0.450. The van der Waals surface area contributed by atoms with Crippen molar-refractivity contribution in [3.63, 3.8) is 0 Å². The minimum absolute atomic E-state index is 0.0972. The van der Waals surface area contributed by atoms with E-state index in [-0.39, 0.29) is 29.8 Å². The number of methoxy groups -OCH3 is 1. The van der Waals surface area contributed by atoms with Crippen molar-refractivity contribution in [2.45, 2.75) is 81.7 Å². The molecule has 0 radical (unpaired) electrons. The summed E-state index contributed by atoms with van der Waals surface area (Å²) in [5, 5.41) is 6.24. The molecule has 1 spiro atoms. The van der Waals surface area contributed by atoms with Crippen LogP contribution in [0.4, 0.5) is 5.69 Å². The number of hydrogen-bond donors (Lipinski definition) is 2. The maximum atomic E-state index is 14.3. The van der Waals surface area contributed by atoms with E-state index in [1.165, 1.54) is 12.0 Å². The van der Waals surface area contributed by atoms with Crippen LogP contribution in [0.1, 0.15) is 51.0 Å². The highest BCUT2D eigenvalue weighted by Gasteiger charge is 2.73. The van der Waals surface area contributed by atoms with Gasteiger partial charge in [0.1, 0.15) is 17.4 Å². The second-order valence-corrected chi connectivity index (χ2v) is 11.9. The van der Waals surface area contributed by atoms with Crippen LogP contribution in [-0.2, 0) is 25.5 Å². The fraction of sp³-hybridized carbons (Fsp3) is 0.485. The number of ether oxygens (including phenoxy) is 2. The van der Waals surface area contributed by atoms with Crippen LogP contribution < -0.4 is 15.4 Å². The molecular formula is C33H39N3O5. The summed E-state index contributed by atoms with van der Waals surface area (Å²) in [6.07, 6.45) is 9.90. The molecule has 2 N–H and O–H groups in total. The van der Waals surface area contributed by atoms with Crippen LogP contribution in [0.15, 0.2) is 66.7 Å². The van der Waals surface area contributed by atoms with Crippen molar-refractivity contribution in [1.82, 2.24) is 10.2 Å². The number of likely N-dealkylation sites (tertiary alicyclic amines) is 1. The molecule has 2 aromatic carbocycles. The monoisotopic (exact) mass is 557 g/mol. The second-order valence-electron chi connectivity index (χ2n) is 11.9. The third-order valence-electron chi connectivity index (χ3n) is 9.34. The number of rotatable bonds is 9. The van der Waals surface area contributed by atoms with Crippen LogP contribution >= 0.6 is 0 Å². The zero-order chi connectivity index (χ0) is 28.6. The zero-order valence-electron chi connectivity index (χ0n) is 23.8. The lowest BCUT2D eigenvalue weighted by Gasteiger charge is -2.36. The Labute approximate surface area is 241 Å². The maximum Gasteiger partial charge on any atom is 0.246 e.